The molecule has 65 heavy (non-hydrogen) atoms. The molecule has 4 rings (SSSR count). The lowest BCUT2D eigenvalue weighted by molar-refractivity contribution is 0.259. The fraction of sp³-hybridized carbons (Fsp3) is 0.695. The molecule has 0 N–H and O–H groups in total. The van der Waals surface area contributed by atoms with Gasteiger partial charge in [-0.15, -0.1) is 0 Å². The summed E-state index contributed by atoms with van der Waals surface area (Å²) in [5.41, 5.74) is 0. The lowest BCUT2D eigenvalue weighted by Gasteiger charge is -2.21. The van der Waals surface area contributed by atoms with Gasteiger partial charge in [-0.2, -0.15) is 0 Å². The lowest BCUT2D eigenvalue weighted by Crippen LogP contribution is -2.05. The molecule has 0 bridgehead atoms. The van der Waals surface area contributed by atoms with Crippen molar-refractivity contribution in [2.75, 3.05) is 39.6 Å². The summed E-state index contributed by atoms with van der Waals surface area (Å²) in [5, 5.41) is 6.74. The molecular formula is C59H94O6. The Labute approximate surface area is 397 Å². The van der Waals surface area contributed by atoms with Gasteiger partial charge in [-0.1, -0.05) is 189 Å². The van der Waals surface area contributed by atoms with E-state index in [2.05, 4.69) is 77.9 Å². The zero-order valence-corrected chi connectivity index (χ0v) is 42.7. The molecule has 6 heteroatoms. The number of fused-ring (bicyclic) bond motifs is 6. The van der Waals surface area contributed by atoms with Crippen LogP contribution >= 0.6 is 0 Å². The molecular weight excluding hydrogens is 805 g/mol. The van der Waals surface area contributed by atoms with Crippen molar-refractivity contribution in [1.82, 2.24) is 0 Å². The van der Waals surface area contributed by atoms with Gasteiger partial charge in [-0.05, 0) is 107 Å². The van der Waals surface area contributed by atoms with Gasteiger partial charge in [0.15, 0.2) is 34.5 Å². The quantitative estimate of drug-likeness (QED) is 0.0327. The largest absolute Gasteiger partial charge is 0.490 e. The Hall–Kier alpha value is -3.54. The van der Waals surface area contributed by atoms with Crippen molar-refractivity contribution in [2.24, 2.45) is 0 Å². The van der Waals surface area contributed by atoms with Gasteiger partial charge in [0.05, 0.1) is 39.6 Å². The summed E-state index contributed by atoms with van der Waals surface area (Å²) in [6, 6.07) is 13.5. The second-order valence-electron chi connectivity index (χ2n) is 18.8. The molecule has 0 aliphatic carbocycles. The second-order valence-corrected chi connectivity index (χ2v) is 18.8. The molecule has 4 aromatic rings. The van der Waals surface area contributed by atoms with Crippen LogP contribution in [0.2, 0.25) is 0 Å². The van der Waals surface area contributed by atoms with E-state index >= 15 is 0 Å². The van der Waals surface area contributed by atoms with Gasteiger partial charge >= 0.3 is 0 Å². The Balaban J connectivity index is 1.87. The van der Waals surface area contributed by atoms with E-state index in [-0.39, 0.29) is 0 Å². The zero-order chi connectivity index (χ0) is 46.2. The van der Waals surface area contributed by atoms with Crippen molar-refractivity contribution in [3.63, 3.8) is 0 Å². The molecule has 0 radical (unpaired) electrons. The first-order valence-corrected chi connectivity index (χ1v) is 27.4. The van der Waals surface area contributed by atoms with Crippen LogP contribution in [0, 0.1) is 0 Å². The average Bonchev–Trinajstić information content (AvgIpc) is 3.32. The molecule has 0 spiro atoms. The normalized spacial score (nSPS) is 11.5. The Morgan fingerprint density at radius 2 is 0.338 bits per heavy atom. The lowest BCUT2D eigenvalue weighted by atomic mass is 9.93. The minimum atomic E-state index is 0.668. The number of rotatable bonds is 41. The van der Waals surface area contributed by atoms with Gasteiger partial charge in [0.2, 0.25) is 0 Å². The molecule has 0 aromatic heterocycles. The standard InChI is InChI=1S/C59H94O6/c1-7-13-19-25-26-27-28-29-35-41-65-59-47-53-51-45-57(63-39-33-23-17-11-5)55(61-37-31-21-15-9-3)43-49(51)48-42-54(60-36-30-20-14-8-2)56(62-38-32-22-16-10-4)44-50(48)52(53)46-58(59)64-40-34-24-18-12-6/h42-47H,7-41H2,1-6H3. The molecule has 0 aliphatic rings. The monoisotopic (exact) mass is 899 g/mol. The Morgan fingerprint density at radius 3 is 0.508 bits per heavy atom. The summed E-state index contributed by atoms with van der Waals surface area (Å²) >= 11 is 0. The topological polar surface area (TPSA) is 55.4 Å². The molecule has 0 atom stereocenters. The smallest absolute Gasteiger partial charge is 0.161 e. The molecule has 6 nitrogen and oxygen atoms in total. The van der Waals surface area contributed by atoms with Crippen LogP contribution in [0.4, 0.5) is 0 Å². The highest BCUT2D eigenvalue weighted by molar-refractivity contribution is 6.26. The van der Waals surface area contributed by atoms with Crippen molar-refractivity contribution < 1.29 is 28.4 Å². The fourth-order valence-corrected chi connectivity index (χ4v) is 8.84. The highest BCUT2D eigenvalue weighted by atomic mass is 16.5. The van der Waals surface area contributed by atoms with Gasteiger partial charge in [-0.25, -0.2) is 0 Å². The first kappa shape index (κ1) is 54.1. The Bertz CT molecular complexity index is 1800. The Morgan fingerprint density at radius 1 is 0.200 bits per heavy atom. The van der Waals surface area contributed by atoms with E-state index in [1.807, 2.05) is 0 Å². The number of benzene rings is 4. The van der Waals surface area contributed by atoms with E-state index in [4.69, 9.17) is 28.4 Å². The van der Waals surface area contributed by atoms with Crippen molar-refractivity contribution in [1.29, 1.82) is 0 Å². The van der Waals surface area contributed by atoms with Gasteiger partial charge in [-0.3, -0.25) is 0 Å². The molecule has 0 aliphatic heterocycles. The third-order valence-corrected chi connectivity index (χ3v) is 12.9. The third kappa shape index (κ3) is 19.3. The Kier molecular flexibility index (Phi) is 28.2. The van der Waals surface area contributed by atoms with Crippen LogP contribution in [0.3, 0.4) is 0 Å². The third-order valence-electron chi connectivity index (χ3n) is 12.9. The molecule has 366 valence electrons. The highest BCUT2D eigenvalue weighted by Crippen LogP contribution is 2.47. The van der Waals surface area contributed by atoms with Gasteiger partial charge in [0.1, 0.15) is 0 Å². The molecule has 0 saturated carbocycles. The van der Waals surface area contributed by atoms with Crippen LogP contribution < -0.4 is 28.4 Å². The number of ether oxygens (including phenoxy) is 6. The first-order chi connectivity index (χ1) is 32.1. The molecule has 0 fully saturated rings. The second kappa shape index (κ2) is 33.9. The molecule has 4 aromatic carbocycles. The van der Waals surface area contributed by atoms with E-state index < -0.39 is 0 Å². The summed E-state index contributed by atoms with van der Waals surface area (Å²) in [7, 11) is 0. The number of unbranched alkanes of at least 4 members (excludes halogenated alkanes) is 23. The van der Waals surface area contributed by atoms with Crippen molar-refractivity contribution >= 4 is 32.3 Å². The van der Waals surface area contributed by atoms with E-state index in [1.54, 1.807) is 0 Å². The average molecular weight is 899 g/mol. The fourth-order valence-electron chi connectivity index (χ4n) is 8.84. The number of hydrogen-bond acceptors (Lipinski definition) is 6. The predicted molar refractivity (Wildman–Crippen MR) is 280 cm³/mol. The van der Waals surface area contributed by atoms with E-state index in [0.29, 0.717) is 39.6 Å². The minimum Gasteiger partial charge on any atom is -0.490 e. The SMILES string of the molecule is CCCCCCCCCCCOc1cc2c3cc(OCCCCCC)c(OCCCCCC)cc3c3cc(OCCCCCC)c(OCCCCCC)cc3c2cc1OCCCCCC. The minimum absolute atomic E-state index is 0.668. The van der Waals surface area contributed by atoms with Crippen molar-refractivity contribution in [3.8, 4) is 34.5 Å². The maximum Gasteiger partial charge on any atom is 0.161 e. The van der Waals surface area contributed by atoms with E-state index in [0.717, 1.165) is 137 Å². The number of hydrogen-bond donors (Lipinski definition) is 0. The summed E-state index contributed by atoms with van der Waals surface area (Å²) in [6.45, 7) is 17.6. The maximum atomic E-state index is 6.76. The van der Waals surface area contributed by atoms with Crippen molar-refractivity contribution in [2.45, 2.75) is 228 Å². The van der Waals surface area contributed by atoms with Crippen LogP contribution in [-0.2, 0) is 0 Å². The first-order valence-electron chi connectivity index (χ1n) is 27.4. The molecule has 0 saturated heterocycles. The summed E-state index contributed by atoms with van der Waals surface area (Å²) in [6.07, 6.45) is 34.6. The highest BCUT2D eigenvalue weighted by Gasteiger charge is 2.21. The van der Waals surface area contributed by atoms with Crippen LogP contribution in [0.15, 0.2) is 36.4 Å². The van der Waals surface area contributed by atoms with Crippen LogP contribution in [-0.4, -0.2) is 39.6 Å². The van der Waals surface area contributed by atoms with Crippen LogP contribution in [0.1, 0.15) is 228 Å². The zero-order valence-electron chi connectivity index (χ0n) is 42.7. The summed E-state index contributed by atoms with van der Waals surface area (Å²) in [4.78, 5) is 0. The van der Waals surface area contributed by atoms with Crippen LogP contribution in [0.25, 0.3) is 32.3 Å². The van der Waals surface area contributed by atoms with Gasteiger partial charge in [0, 0.05) is 0 Å². The van der Waals surface area contributed by atoms with E-state index in [1.165, 1.54) is 116 Å². The molecule has 0 unspecified atom stereocenters. The summed E-state index contributed by atoms with van der Waals surface area (Å²) < 4.78 is 40.2. The van der Waals surface area contributed by atoms with Crippen molar-refractivity contribution in [3.05, 3.63) is 36.4 Å². The maximum absolute atomic E-state index is 6.76. The van der Waals surface area contributed by atoms with Gasteiger partial charge < -0.3 is 28.4 Å². The summed E-state index contributed by atoms with van der Waals surface area (Å²) in [5.74, 6) is 4.92. The van der Waals surface area contributed by atoms with Crippen LogP contribution in [0.5, 0.6) is 34.5 Å². The molecule has 0 amide bonds. The molecule has 0 heterocycles. The predicted octanol–water partition coefficient (Wildman–Crippen LogP) is 18.9. The van der Waals surface area contributed by atoms with E-state index in [9.17, 15) is 0 Å². The van der Waals surface area contributed by atoms with Gasteiger partial charge in [0.25, 0.3) is 0 Å².